The second-order valence-electron chi connectivity index (χ2n) is 4.72. The third-order valence-electron chi connectivity index (χ3n) is 2.53. The van der Waals surface area contributed by atoms with Crippen LogP contribution in [0.1, 0.15) is 20.8 Å². The van der Waals surface area contributed by atoms with Crippen molar-refractivity contribution in [3.63, 3.8) is 0 Å². The highest BCUT2D eigenvalue weighted by molar-refractivity contribution is 4.72. The summed E-state index contributed by atoms with van der Waals surface area (Å²) >= 11 is 0. The van der Waals surface area contributed by atoms with Gasteiger partial charge in [-0.25, -0.2) is 4.90 Å². The van der Waals surface area contributed by atoms with Crippen molar-refractivity contribution in [2.45, 2.75) is 32.9 Å². The van der Waals surface area contributed by atoms with Gasteiger partial charge in [0.05, 0.1) is 26.7 Å². The van der Waals surface area contributed by atoms with E-state index in [1.807, 2.05) is 0 Å². The SMILES string of the molecule is CC(C)N1C[N+](C)(C)CC1C. The first kappa shape index (κ1) is 9.01. The van der Waals surface area contributed by atoms with Gasteiger partial charge in [-0.15, -0.1) is 0 Å². The van der Waals surface area contributed by atoms with Crippen LogP contribution in [0.4, 0.5) is 0 Å². The molecule has 0 N–H and O–H groups in total. The predicted octanol–water partition coefficient (Wildman–Crippen LogP) is 1.13. The zero-order chi connectivity index (χ0) is 8.65. The molecule has 1 fully saturated rings. The van der Waals surface area contributed by atoms with E-state index in [1.165, 1.54) is 13.2 Å². The zero-order valence-corrected chi connectivity index (χ0v) is 8.46. The molecule has 0 aliphatic carbocycles. The molecule has 0 aromatic heterocycles. The summed E-state index contributed by atoms with van der Waals surface area (Å²) in [7, 11) is 4.61. The van der Waals surface area contributed by atoms with Crippen LogP contribution in [-0.2, 0) is 0 Å². The molecule has 2 nitrogen and oxygen atoms in total. The summed E-state index contributed by atoms with van der Waals surface area (Å²) in [6, 6.07) is 1.45. The number of quaternary nitrogens is 1. The second-order valence-corrected chi connectivity index (χ2v) is 4.72. The smallest absolute Gasteiger partial charge is 0.135 e. The Labute approximate surface area is 70.4 Å². The third kappa shape index (κ3) is 1.94. The van der Waals surface area contributed by atoms with E-state index in [-0.39, 0.29) is 0 Å². The number of hydrogen-bond donors (Lipinski definition) is 0. The van der Waals surface area contributed by atoms with Crippen molar-refractivity contribution < 1.29 is 4.48 Å². The van der Waals surface area contributed by atoms with E-state index < -0.39 is 0 Å². The first-order valence-corrected chi connectivity index (χ1v) is 4.50. The van der Waals surface area contributed by atoms with Crippen LogP contribution in [0.3, 0.4) is 0 Å². The Morgan fingerprint density at radius 1 is 1.36 bits per heavy atom. The van der Waals surface area contributed by atoms with Crippen molar-refractivity contribution in [1.29, 1.82) is 0 Å². The highest BCUT2D eigenvalue weighted by Gasteiger charge is 2.35. The largest absolute Gasteiger partial charge is 0.315 e. The van der Waals surface area contributed by atoms with Crippen LogP contribution in [0.2, 0.25) is 0 Å². The predicted molar refractivity (Wildman–Crippen MR) is 48.3 cm³/mol. The molecule has 0 aromatic rings. The molecule has 1 unspecified atom stereocenters. The molecule has 0 bridgehead atoms. The van der Waals surface area contributed by atoms with Gasteiger partial charge in [0.25, 0.3) is 0 Å². The molecule has 1 aliphatic rings. The molecule has 0 spiro atoms. The fourth-order valence-electron chi connectivity index (χ4n) is 2.13. The fourth-order valence-corrected chi connectivity index (χ4v) is 2.13. The summed E-state index contributed by atoms with van der Waals surface area (Å²) in [5.41, 5.74) is 0. The summed E-state index contributed by atoms with van der Waals surface area (Å²) in [6.45, 7) is 9.38. The van der Waals surface area contributed by atoms with Crippen LogP contribution in [0.25, 0.3) is 0 Å². The van der Waals surface area contributed by atoms with Gasteiger partial charge in [0.1, 0.15) is 6.67 Å². The lowest BCUT2D eigenvalue weighted by atomic mass is 10.2. The lowest BCUT2D eigenvalue weighted by Crippen LogP contribution is -2.40. The minimum Gasteiger partial charge on any atom is -0.315 e. The summed E-state index contributed by atoms with van der Waals surface area (Å²) in [5, 5.41) is 0. The Bertz CT molecular complexity index is 140. The van der Waals surface area contributed by atoms with E-state index >= 15 is 0 Å². The number of nitrogens with zero attached hydrogens (tertiary/aromatic N) is 2. The average Bonchev–Trinajstić information content (AvgIpc) is 2.05. The number of hydrogen-bond acceptors (Lipinski definition) is 1. The first-order chi connectivity index (χ1) is 4.92. The van der Waals surface area contributed by atoms with Gasteiger partial charge in [-0.05, 0) is 20.8 Å². The normalized spacial score (nSPS) is 31.6. The molecule has 0 amide bonds. The molecule has 1 rings (SSSR count). The monoisotopic (exact) mass is 157 g/mol. The van der Waals surface area contributed by atoms with E-state index in [2.05, 4.69) is 39.8 Å². The van der Waals surface area contributed by atoms with E-state index in [4.69, 9.17) is 0 Å². The average molecular weight is 157 g/mol. The van der Waals surface area contributed by atoms with Gasteiger partial charge in [0, 0.05) is 6.04 Å². The minimum atomic E-state index is 0.699. The quantitative estimate of drug-likeness (QED) is 0.516. The molecule has 0 aromatic carbocycles. The van der Waals surface area contributed by atoms with Gasteiger partial charge in [-0.1, -0.05) is 0 Å². The highest BCUT2D eigenvalue weighted by Crippen LogP contribution is 2.19. The Balaban J connectivity index is 2.59. The highest BCUT2D eigenvalue weighted by atomic mass is 15.5. The zero-order valence-electron chi connectivity index (χ0n) is 8.46. The Morgan fingerprint density at radius 2 is 1.91 bits per heavy atom. The van der Waals surface area contributed by atoms with Crippen LogP contribution < -0.4 is 0 Å². The van der Waals surface area contributed by atoms with Gasteiger partial charge in [-0.2, -0.15) is 0 Å². The maximum Gasteiger partial charge on any atom is 0.135 e. The second kappa shape index (κ2) is 2.76. The topological polar surface area (TPSA) is 3.24 Å². The maximum absolute atomic E-state index is 2.57. The van der Waals surface area contributed by atoms with E-state index in [1.54, 1.807) is 0 Å². The number of likely N-dealkylation sites (N-methyl/N-ethyl adjacent to an activating group) is 1. The summed E-state index contributed by atoms with van der Waals surface area (Å²) < 4.78 is 1.15. The third-order valence-corrected chi connectivity index (χ3v) is 2.53. The van der Waals surface area contributed by atoms with Gasteiger partial charge in [-0.3, -0.25) is 0 Å². The Morgan fingerprint density at radius 3 is 2.09 bits per heavy atom. The van der Waals surface area contributed by atoms with Crippen molar-refractivity contribution in [3.8, 4) is 0 Å². The Hall–Kier alpha value is -0.0800. The lowest BCUT2D eigenvalue weighted by Gasteiger charge is -2.25. The number of rotatable bonds is 1. The van der Waals surface area contributed by atoms with E-state index in [0.29, 0.717) is 6.04 Å². The first-order valence-electron chi connectivity index (χ1n) is 4.50. The van der Waals surface area contributed by atoms with Gasteiger partial charge in [0.15, 0.2) is 0 Å². The van der Waals surface area contributed by atoms with Gasteiger partial charge in [0.2, 0.25) is 0 Å². The summed E-state index contributed by atoms with van der Waals surface area (Å²) in [4.78, 5) is 2.57. The van der Waals surface area contributed by atoms with Crippen LogP contribution in [0, 0.1) is 0 Å². The minimum absolute atomic E-state index is 0.699. The standard InChI is InChI=1S/C9H21N2/c1-8(2)10-7-11(4,5)6-9(10)3/h8-9H,6-7H2,1-5H3/q+1. The summed E-state index contributed by atoms with van der Waals surface area (Å²) in [6.07, 6.45) is 0. The van der Waals surface area contributed by atoms with Crippen molar-refractivity contribution in [2.24, 2.45) is 0 Å². The van der Waals surface area contributed by atoms with Crippen molar-refractivity contribution in [3.05, 3.63) is 0 Å². The lowest BCUT2D eigenvalue weighted by molar-refractivity contribution is -0.883. The molecule has 1 heterocycles. The van der Waals surface area contributed by atoms with Crippen molar-refractivity contribution in [2.75, 3.05) is 27.3 Å². The summed E-state index contributed by atoms with van der Waals surface area (Å²) in [5.74, 6) is 0. The molecular formula is C9H21N2+. The molecular weight excluding hydrogens is 136 g/mol. The molecule has 1 saturated heterocycles. The molecule has 66 valence electrons. The van der Waals surface area contributed by atoms with Crippen LogP contribution in [0.5, 0.6) is 0 Å². The fraction of sp³-hybridized carbons (Fsp3) is 1.00. The maximum atomic E-state index is 2.57. The molecule has 2 heteroatoms. The molecule has 1 atom stereocenters. The molecule has 0 radical (unpaired) electrons. The van der Waals surface area contributed by atoms with Gasteiger partial charge < -0.3 is 4.48 Å². The van der Waals surface area contributed by atoms with Crippen LogP contribution in [0.15, 0.2) is 0 Å². The van der Waals surface area contributed by atoms with Crippen molar-refractivity contribution in [1.82, 2.24) is 4.90 Å². The molecule has 11 heavy (non-hydrogen) atoms. The molecule has 1 aliphatic heterocycles. The van der Waals surface area contributed by atoms with E-state index in [9.17, 15) is 0 Å². The van der Waals surface area contributed by atoms with Crippen molar-refractivity contribution >= 4 is 0 Å². The molecule has 0 saturated carbocycles. The van der Waals surface area contributed by atoms with Crippen LogP contribution >= 0.6 is 0 Å². The van der Waals surface area contributed by atoms with Gasteiger partial charge >= 0.3 is 0 Å². The Kier molecular flexibility index (Phi) is 2.26. The van der Waals surface area contributed by atoms with E-state index in [0.717, 1.165) is 10.5 Å². The van der Waals surface area contributed by atoms with Crippen LogP contribution in [-0.4, -0.2) is 48.8 Å².